The summed E-state index contributed by atoms with van der Waals surface area (Å²) in [6.07, 6.45) is 0.669. The van der Waals surface area contributed by atoms with Crippen LogP contribution < -0.4 is 10.9 Å². The summed E-state index contributed by atoms with van der Waals surface area (Å²) in [5, 5.41) is 12.2. The molecule has 7 heteroatoms. The zero-order valence-electron chi connectivity index (χ0n) is 18.6. The Bertz CT molecular complexity index is 1100. The van der Waals surface area contributed by atoms with Gasteiger partial charge in [0.2, 0.25) is 0 Å². The highest BCUT2D eigenvalue weighted by Crippen LogP contribution is 2.29. The van der Waals surface area contributed by atoms with Gasteiger partial charge in [0.15, 0.2) is 0 Å². The number of carboxylic acids is 1. The summed E-state index contributed by atoms with van der Waals surface area (Å²) in [4.78, 5) is 29.8. The lowest BCUT2D eigenvalue weighted by atomic mass is 10.1. The summed E-state index contributed by atoms with van der Waals surface area (Å²) in [6.45, 7) is 6.91. The van der Waals surface area contributed by atoms with Gasteiger partial charge in [-0.05, 0) is 30.2 Å². The Kier molecular flexibility index (Phi) is 8.11. The highest BCUT2D eigenvalue weighted by molar-refractivity contribution is 8.00. The molecule has 0 spiro atoms. The molecule has 0 amide bonds. The van der Waals surface area contributed by atoms with Crippen LogP contribution in [0.4, 0.5) is 5.69 Å². The van der Waals surface area contributed by atoms with E-state index in [1.54, 1.807) is 10.6 Å². The zero-order valence-corrected chi connectivity index (χ0v) is 19.4. The van der Waals surface area contributed by atoms with Crippen molar-refractivity contribution >= 4 is 23.4 Å². The van der Waals surface area contributed by atoms with E-state index in [4.69, 9.17) is 4.98 Å². The first-order valence-electron chi connectivity index (χ1n) is 10.8. The fourth-order valence-electron chi connectivity index (χ4n) is 3.40. The maximum Gasteiger partial charge on any atom is 0.317 e. The molecule has 0 aliphatic rings. The van der Waals surface area contributed by atoms with E-state index in [9.17, 15) is 14.7 Å². The number of hydrogen-bond acceptors (Lipinski definition) is 5. The van der Waals surface area contributed by atoms with E-state index in [2.05, 4.69) is 5.32 Å². The van der Waals surface area contributed by atoms with E-state index < -0.39 is 11.2 Å². The Hall–Kier alpha value is -3.06. The fourth-order valence-corrected chi connectivity index (χ4v) is 4.36. The molecule has 0 saturated carbocycles. The Labute approximate surface area is 192 Å². The minimum atomic E-state index is -0.795. The predicted octanol–water partition coefficient (Wildman–Crippen LogP) is 4.79. The lowest BCUT2D eigenvalue weighted by Crippen LogP contribution is -2.27. The Morgan fingerprint density at radius 1 is 1.12 bits per heavy atom. The van der Waals surface area contributed by atoms with Crippen LogP contribution in [0.3, 0.4) is 0 Å². The SMILES string of the molecule is CCc1nc(-c2ccccc2)cc(=O)n1CCNc1ccc(S[C@H](C(=O)O)C(C)C)cc1. The van der Waals surface area contributed by atoms with Gasteiger partial charge in [-0.1, -0.05) is 51.1 Å². The van der Waals surface area contributed by atoms with Crippen molar-refractivity contribution in [2.24, 2.45) is 5.92 Å². The maximum absolute atomic E-state index is 12.7. The van der Waals surface area contributed by atoms with Crippen LogP contribution in [0.1, 0.15) is 26.6 Å². The van der Waals surface area contributed by atoms with Crippen molar-refractivity contribution in [1.82, 2.24) is 9.55 Å². The predicted molar refractivity (Wildman–Crippen MR) is 130 cm³/mol. The number of benzene rings is 2. The first kappa shape index (κ1) is 23.6. The summed E-state index contributed by atoms with van der Waals surface area (Å²) < 4.78 is 1.71. The number of aryl methyl sites for hydroxylation is 1. The monoisotopic (exact) mass is 451 g/mol. The molecule has 2 aromatic carbocycles. The first-order chi connectivity index (χ1) is 15.4. The molecule has 168 valence electrons. The van der Waals surface area contributed by atoms with Gasteiger partial charge in [-0.25, -0.2) is 4.98 Å². The highest BCUT2D eigenvalue weighted by atomic mass is 32.2. The molecule has 1 atom stereocenters. The molecule has 1 heterocycles. The average Bonchev–Trinajstić information content (AvgIpc) is 2.79. The van der Waals surface area contributed by atoms with Crippen LogP contribution in [0.5, 0.6) is 0 Å². The Balaban J connectivity index is 1.64. The van der Waals surface area contributed by atoms with Gasteiger partial charge in [0.25, 0.3) is 5.56 Å². The van der Waals surface area contributed by atoms with Crippen LogP contribution in [0.25, 0.3) is 11.3 Å². The minimum Gasteiger partial charge on any atom is -0.480 e. The lowest BCUT2D eigenvalue weighted by molar-refractivity contribution is -0.137. The van der Waals surface area contributed by atoms with E-state index in [0.717, 1.165) is 22.0 Å². The smallest absolute Gasteiger partial charge is 0.317 e. The normalized spacial score (nSPS) is 12.0. The number of rotatable bonds is 10. The van der Waals surface area contributed by atoms with Crippen molar-refractivity contribution < 1.29 is 9.90 Å². The fraction of sp³-hybridized carbons (Fsp3) is 0.320. The van der Waals surface area contributed by atoms with Crippen molar-refractivity contribution in [2.75, 3.05) is 11.9 Å². The van der Waals surface area contributed by atoms with Gasteiger partial charge >= 0.3 is 5.97 Å². The third-order valence-electron chi connectivity index (χ3n) is 5.10. The van der Waals surface area contributed by atoms with E-state index in [1.165, 1.54) is 11.8 Å². The van der Waals surface area contributed by atoms with Crippen LogP contribution in [0.15, 0.2) is 70.4 Å². The van der Waals surface area contributed by atoms with Crippen LogP contribution in [0.2, 0.25) is 0 Å². The van der Waals surface area contributed by atoms with Gasteiger partial charge in [0.1, 0.15) is 11.1 Å². The summed E-state index contributed by atoms with van der Waals surface area (Å²) >= 11 is 1.36. The topological polar surface area (TPSA) is 84.2 Å². The van der Waals surface area contributed by atoms with E-state index in [-0.39, 0.29) is 11.5 Å². The van der Waals surface area contributed by atoms with Gasteiger partial charge in [-0.15, -0.1) is 11.8 Å². The van der Waals surface area contributed by atoms with E-state index in [0.29, 0.717) is 25.2 Å². The van der Waals surface area contributed by atoms with Crippen LogP contribution >= 0.6 is 11.8 Å². The van der Waals surface area contributed by atoms with Crippen molar-refractivity contribution in [3.63, 3.8) is 0 Å². The Morgan fingerprint density at radius 2 is 1.81 bits per heavy atom. The summed E-state index contributed by atoms with van der Waals surface area (Å²) in [7, 11) is 0. The average molecular weight is 452 g/mol. The second-order valence-electron chi connectivity index (χ2n) is 7.84. The molecule has 0 bridgehead atoms. The number of anilines is 1. The summed E-state index contributed by atoms with van der Waals surface area (Å²) in [5.41, 5.74) is 2.50. The molecule has 0 fully saturated rings. The largest absolute Gasteiger partial charge is 0.480 e. The summed E-state index contributed by atoms with van der Waals surface area (Å²) in [6, 6.07) is 19.0. The molecule has 0 aliphatic carbocycles. The molecule has 32 heavy (non-hydrogen) atoms. The van der Waals surface area contributed by atoms with Crippen LogP contribution in [0, 0.1) is 5.92 Å². The van der Waals surface area contributed by atoms with Gasteiger partial charge in [0, 0.05) is 41.7 Å². The maximum atomic E-state index is 12.7. The zero-order chi connectivity index (χ0) is 23.1. The van der Waals surface area contributed by atoms with E-state index >= 15 is 0 Å². The number of aliphatic carboxylic acids is 1. The molecule has 0 saturated heterocycles. The van der Waals surface area contributed by atoms with Crippen molar-refractivity contribution in [3.05, 3.63) is 76.8 Å². The molecule has 1 aromatic heterocycles. The molecule has 0 unspecified atom stereocenters. The lowest BCUT2D eigenvalue weighted by Gasteiger charge is -2.16. The molecular formula is C25H29N3O3S. The van der Waals surface area contributed by atoms with Gasteiger partial charge < -0.3 is 10.4 Å². The van der Waals surface area contributed by atoms with Crippen molar-refractivity contribution in [3.8, 4) is 11.3 Å². The third kappa shape index (κ3) is 6.01. The van der Waals surface area contributed by atoms with Crippen LogP contribution in [-0.4, -0.2) is 32.4 Å². The quantitative estimate of drug-likeness (QED) is 0.431. The summed E-state index contributed by atoms with van der Waals surface area (Å²) in [5.74, 6) is 0.0119. The molecule has 3 aromatic rings. The van der Waals surface area contributed by atoms with Crippen molar-refractivity contribution in [2.45, 2.75) is 43.9 Å². The second-order valence-corrected chi connectivity index (χ2v) is 9.05. The highest BCUT2D eigenvalue weighted by Gasteiger charge is 2.22. The minimum absolute atomic E-state index is 0.0447. The molecule has 0 radical (unpaired) electrons. The Morgan fingerprint density at radius 3 is 2.41 bits per heavy atom. The number of aromatic nitrogens is 2. The number of nitrogens with one attached hydrogen (secondary N) is 1. The van der Waals surface area contributed by atoms with Gasteiger partial charge in [-0.3, -0.25) is 14.2 Å². The molecule has 3 rings (SSSR count). The second kappa shape index (κ2) is 11.0. The number of thioether (sulfide) groups is 1. The third-order valence-corrected chi connectivity index (χ3v) is 6.65. The number of nitrogens with zero attached hydrogens (tertiary/aromatic N) is 2. The molecular weight excluding hydrogens is 422 g/mol. The number of hydrogen-bond donors (Lipinski definition) is 2. The number of carboxylic acid groups (broad SMARTS) is 1. The standard InChI is InChI=1S/C25H29N3O3S/c1-4-22-27-21(18-8-6-5-7-9-18)16-23(29)28(22)15-14-26-19-10-12-20(13-11-19)32-24(17(2)3)25(30)31/h5-13,16-17,24,26H,4,14-15H2,1-3H3,(H,30,31)/t24-/m0/s1. The number of carbonyl (C=O) groups is 1. The van der Waals surface area contributed by atoms with Crippen molar-refractivity contribution in [1.29, 1.82) is 0 Å². The molecule has 6 nitrogen and oxygen atoms in total. The van der Waals surface area contributed by atoms with Gasteiger partial charge in [-0.2, -0.15) is 0 Å². The first-order valence-corrected chi connectivity index (χ1v) is 11.7. The van der Waals surface area contributed by atoms with Crippen LogP contribution in [-0.2, 0) is 17.8 Å². The van der Waals surface area contributed by atoms with Gasteiger partial charge in [0.05, 0.1) is 5.69 Å². The molecule has 0 aliphatic heterocycles. The molecule has 2 N–H and O–H groups in total. The van der Waals surface area contributed by atoms with E-state index in [1.807, 2.05) is 75.4 Å².